The summed E-state index contributed by atoms with van der Waals surface area (Å²) in [7, 11) is 1.31. The molecule has 0 aliphatic carbocycles. The van der Waals surface area contributed by atoms with E-state index < -0.39 is 12.1 Å². The van der Waals surface area contributed by atoms with Gasteiger partial charge in [-0.3, -0.25) is 4.84 Å². The highest BCUT2D eigenvalue weighted by Crippen LogP contribution is 2.08. The van der Waals surface area contributed by atoms with E-state index in [-0.39, 0.29) is 0 Å². The van der Waals surface area contributed by atoms with Crippen LogP contribution in [0.1, 0.15) is 11.1 Å². The van der Waals surface area contributed by atoms with Crippen molar-refractivity contribution in [2.75, 3.05) is 7.11 Å². The van der Waals surface area contributed by atoms with Crippen molar-refractivity contribution in [2.45, 2.75) is 19.4 Å². The average Bonchev–Trinajstić information content (AvgIpc) is 2.27. The monoisotopic (exact) mass is 209 g/mol. The summed E-state index contributed by atoms with van der Waals surface area (Å²) in [4.78, 5) is 15.7. The molecular weight excluding hydrogens is 194 g/mol. The van der Waals surface area contributed by atoms with Gasteiger partial charge in [0.25, 0.3) is 0 Å². The van der Waals surface area contributed by atoms with E-state index in [1.54, 1.807) is 0 Å². The Hall–Kier alpha value is -1.39. The number of benzene rings is 1. The minimum Gasteiger partial charge on any atom is -0.467 e. The molecule has 1 unspecified atom stereocenters. The third-order valence-electron chi connectivity index (χ3n) is 2.17. The van der Waals surface area contributed by atoms with Crippen LogP contribution in [0.2, 0.25) is 0 Å². The van der Waals surface area contributed by atoms with Crippen LogP contribution in [0.4, 0.5) is 0 Å². The Labute approximate surface area is 88.9 Å². The van der Waals surface area contributed by atoms with Crippen molar-refractivity contribution in [1.82, 2.24) is 0 Å². The molecule has 4 heteroatoms. The predicted molar refractivity (Wildman–Crippen MR) is 56.0 cm³/mol. The number of esters is 1. The molecule has 0 aliphatic heterocycles. The first-order chi connectivity index (χ1) is 7.17. The summed E-state index contributed by atoms with van der Waals surface area (Å²) in [5, 5.41) is 0. The number of rotatable bonds is 4. The summed E-state index contributed by atoms with van der Waals surface area (Å²) < 4.78 is 4.56. The predicted octanol–water partition coefficient (Wildman–Crippen LogP) is 0.969. The second-order valence-electron chi connectivity index (χ2n) is 3.34. The average molecular weight is 209 g/mol. The molecule has 1 aromatic carbocycles. The van der Waals surface area contributed by atoms with E-state index in [0.717, 1.165) is 5.56 Å². The maximum atomic E-state index is 11.2. The van der Waals surface area contributed by atoms with Crippen molar-refractivity contribution in [3.05, 3.63) is 35.4 Å². The molecule has 1 rings (SSSR count). The van der Waals surface area contributed by atoms with E-state index in [1.165, 1.54) is 12.7 Å². The quantitative estimate of drug-likeness (QED) is 0.593. The molecule has 0 aliphatic rings. The van der Waals surface area contributed by atoms with E-state index in [4.69, 9.17) is 5.90 Å². The van der Waals surface area contributed by atoms with E-state index in [2.05, 4.69) is 9.57 Å². The topological polar surface area (TPSA) is 61.5 Å². The molecule has 4 nitrogen and oxygen atoms in total. The zero-order chi connectivity index (χ0) is 11.3. The van der Waals surface area contributed by atoms with Crippen molar-refractivity contribution >= 4 is 5.97 Å². The van der Waals surface area contributed by atoms with Gasteiger partial charge in [-0.15, -0.1) is 0 Å². The van der Waals surface area contributed by atoms with Crippen molar-refractivity contribution < 1.29 is 14.4 Å². The maximum absolute atomic E-state index is 11.2. The van der Waals surface area contributed by atoms with Crippen LogP contribution in [0, 0.1) is 6.92 Å². The molecule has 0 fully saturated rings. The molecule has 0 spiro atoms. The normalized spacial score (nSPS) is 12.2. The molecule has 0 bridgehead atoms. The molecule has 0 saturated heterocycles. The van der Waals surface area contributed by atoms with Gasteiger partial charge in [-0.25, -0.2) is 10.7 Å². The standard InChI is InChI=1S/C11H15NO3/c1-8-3-5-9(6-4-8)7-10(15-12)11(13)14-2/h3-6,10H,7,12H2,1-2H3. The summed E-state index contributed by atoms with van der Waals surface area (Å²) in [6.45, 7) is 2.00. The first-order valence-electron chi connectivity index (χ1n) is 4.66. The van der Waals surface area contributed by atoms with Crippen LogP contribution in [-0.2, 0) is 20.8 Å². The number of aryl methyl sites for hydroxylation is 1. The molecule has 15 heavy (non-hydrogen) atoms. The van der Waals surface area contributed by atoms with Crippen LogP contribution < -0.4 is 5.90 Å². The third kappa shape index (κ3) is 3.34. The molecule has 0 radical (unpaired) electrons. The van der Waals surface area contributed by atoms with Crippen LogP contribution in [0.15, 0.2) is 24.3 Å². The van der Waals surface area contributed by atoms with Crippen LogP contribution in [-0.4, -0.2) is 19.2 Å². The summed E-state index contributed by atoms with van der Waals surface area (Å²) >= 11 is 0. The Morgan fingerprint density at radius 3 is 2.47 bits per heavy atom. The minimum atomic E-state index is -0.738. The van der Waals surface area contributed by atoms with E-state index >= 15 is 0 Å². The lowest BCUT2D eigenvalue weighted by molar-refractivity contribution is -0.154. The molecule has 2 N–H and O–H groups in total. The van der Waals surface area contributed by atoms with Crippen molar-refractivity contribution in [2.24, 2.45) is 5.90 Å². The van der Waals surface area contributed by atoms with Gasteiger partial charge < -0.3 is 4.74 Å². The number of hydrogen-bond acceptors (Lipinski definition) is 4. The van der Waals surface area contributed by atoms with Gasteiger partial charge in [0.2, 0.25) is 0 Å². The number of nitrogens with two attached hydrogens (primary N) is 1. The molecule has 1 atom stereocenters. The van der Waals surface area contributed by atoms with Crippen LogP contribution in [0.25, 0.3) is 0 Å². The van der Waals surface area contributed by atoms with Gasteiger partial charge in [-0.1, -0.05) is 29.8 Å². The number of carbonyl (C=O) groups is 1. The zero-order valence-electron chi connectivity index (χ0n) is 8.90. The van der Waals surface area contributed by atoms with Gasteiger partial charge in [-0.2, -0.15) is 0 Å². The van der Waals surface area contributed by atoms with Crippen LogP contribution >= 0.6 is 0 Å². The van der Waals surface area contributed by atoms with Crippen molar-refractivity contribution in [3.63, 3.8) is 0 Å². The Kier molecular flexibility index (Phi) is 4.27. The second-order valence-corrected chi connectivity index (χ2v) is 3.34. The Morgan fingerprint density at radius 2 is 2.00 bits per heavy atom. The molecule has 0 saturated carbocycles. The molecule has 0 amide bonds. The fraction of sp³-hybridized carbons (Fsp3) is 0.364. The fourth-order valence-electron chi connectivity index (χ4n) is 1.26. The van der Waals surface area contributed by atoms with Gasteiger partial charge in [0.05, 0.1) is 7.11 Å². The highest BCUT2D eigenvalue weighted by molar-refractivity contribution is 5.74. The Morgan fingerprint density at radius 1 is 1.40 bits per heavy atom. The van der Waals surface area contributed by atoms with Crippen LogP contribution in [0.5, 0.6) is 0 Å². The lowest BCUT2D eigenvalue weighted by Crippen LogP contribution is -2.30. The van der Waals surface area contributed by atoms with E-state index in [1.807, 2.05) is 31.2 Å². The zero-order valence-corrected chi connectivity index (χ0v) is 8.90. The number of methoxy groups -OCH3 is 1. The highest BCUT2D eigenvalue weighted by Gasteiger charge is 2.19. The van der Waals surface area contributed by atoms with Gasteiger partial charge >= 0.3 is 5.97 Å². The maximum Gasteiger partial charge on any atom is 0.337 e. The molecule has 0 aromatic heterocycles. The summed E-state index contributed by atoms with van der Waals surface area (Å²) in [5.74, 6) is 4.57. The third-order valence-corrected chi connectivity index (χ3v) is 2.17. The smallest absolute Gasteiger partial charge is 0.337 e. The van der Waals surface area contributed by atoms with Crippen molar-refractivity contribution in [3.8, 4) is 0 Å². The lowest BCUT2D eigenvalue weighted by atomic mass is 10.1. The first-order valence-corrected chi connectivity index (χ1v) is 4.66. The summed E-state index contributed by atoms with van der Waals surface area (Å²) in [6, 6.07) is 7.81. The molecular formula is C11H15NO3. The van der Waals surface area contributed by atoms with Gasteiger partial charge in [0, 0.05) is 6.42 Å². The second kappa shape index (κ2) is 5.48. The summed E-state index contributed by atoms with van der Waals surface area (Å²) in [6.07, 6.45) is -0.318. The molecule has 82 valence electrons. The van der Waals surface area contributed by atoms with Gasteiger partial charge in [0.1, 0.15) is 0 Å². The van der Waals surface area contributed by atoms with Crippen molar-refractivity contribution in [1.29, 1.82) is 0 Å². The van der Waals surface area contributed by atoms with E-state index in [0.29, 0.717) is 6.42 Å². The van der Waals surface area contributed by atoms with Gasteiger partial charge in [0.15, 0.2) is 6.10 Å². The Bertz CT molecular complexity index is 321. The highest BCUT2D eigenvalue weighted by atomic mass is 16.6. The minimum absolute atomic E-state index is 0.420. The number of hydrogen-bond donors (Lipinski definition) is 1. The molecule has 1 aromatic rings. The van der Waals surface area contributed by atoms with Crippen LogP contribution in [0.3, 0.4) is 0 Å². The molecule has 0 heterocycles. The summed E-state index contributed by atoms with van der Waals surface area (Å²) in [5.41, 5.74) is 2.16. The SMILES string of the molecule is COC(=O)C(Cc1ccc(C)cc1)ON. The largest absolute Gasteiger partial charge is 0.467 e. The van der Waals surface area contributed by atoms with Gasteiger partial charge in [-0.05, 0) is 12.5 Å². The lowest BCUT2D eigenvalue weighted by Gasteiger charge is -2.11. The first kappa shape index (κ1) is 11.7. The number of ether oxygens (including phenoxy) is 1. The van der Waals surface area contributed by atoms with E-state index in [9.17, 15) is 4.79 Å². The Balaban J connectivity index is 2.66. The number of carbonyl (C=O) groups excluding carboxylic acids is 1. The fourth-order valence-corrected chi connectivity index (χ4v) is 1.26.